The van der Waals surface area contributed by atoms with Gasteiger partial charge in [0.05, 0.1) is 5.69 Å². The third-order valence-corrected chi connectivity index (χ3v) is 3.02. The van der Waals surface area contributed by atoms with Crippen molar-refractivity contribution in [2.24, 2.45) is 0 Å². The van der Waals surface area contributed by atoms with Crippen LogP contribution in [0.1, 0.15) is 6.92 Å². The number of benzene rings is 1. The number of nitrogens with one attached hydrogen (secondary N) is 1. The lowest BCUT2D eigenvalue weighted by atomic mass is 10.1. The monoisotopic (exact) mass is 226 g/mol. The van der Waals surface area contributed by atoms with Crippen molar-refractivity contribution in [1.29, 1.82) is 0 Å². The van der Waals surface area contributed by atoms with Crippen molar-refractivity contribution in [2.75, 3.05) is 5.73 Å². The number of nitrogen functional groups attached to an aromatic ring is 1. The van der Waals surface area contributed by atoms with Crippen molar-refractivity contribution in [2.45, 2.75) is 13.5 Å². The molecule has 4 nitrogen and oxygen atoms in total. The molecule has 0 unspecified atom stereocenters. The van der Waals surface area contributed by atoms with Crippen LogP contribution in [0.4, 0.5) is 5.82 Å². The van der Waals surface area contributed by atoms with Crippen LogP contribution in [0.15, 0.2) is 36.5 Å². The predicted octanol–water partition coefficient (Wildman–Crippen LogP) is 2.63. The molecule has 3 N–H and O–H groups in total. The van der Waals surface area contributed by atoms with E-state index in [1.807, 2.05) is 12.1 Å². The average molecular weight is 226 g/mol. The van der Waals surface area contributed by atoms with Gasteiger partial charge in [-0.3, -0.25) is 5.10 Å². The highest BCUT2D eigenvalue weighted by molar-refractivity contribution is 5.95. The number of hydrogen-bond donors (Lipinski definition) is 2. The predicted molar refractivity (Wildman–Crippen MR) is 69.6 cm³/mol. The minimum absolute atomic E-state index is 0.522. The van der Waals surface area contributed by atoms with Gasteiger partial charge in [0.15, 0.2) is 0 Å². The van der Waals surface area contributed by atoms with E-state index in [9.17, 15) is 0 Å². The summed E-state index contributed by atoms with van der Waals surface area (Å²) in [4.78, 5) is 0. The fourth-order valence-corrected chi connectivity index (χ4v) is 2.20. The first kappa shape index (κ1) is 9.96. The zero-order valence-electron chi connectivity index (χ0n) is 9.64. The maximum absolute atomic E-state index is 5.65. The molecule has 0 bridgehead atoms. The summed E-state index contributed by atoms with van der Waals surface area (Å²) in [5.74, 6) is 0.522. The Kier molecular flexibility index (Phi) is 2.14. The number of aromatic amines is 1. The molecule has 2 heterocycles. The summed E-state index contributed by atoms with van der Waals surface area (Å²) >= 11 is 0. The van der Waals surface area contributed by atoms with E-state index in [-0.39, 0.29) is 0 Å². The highest BCUT2D eigenvalue weighted by atomic mass is 15.2. The maximum Gasteiger partial charge on any atom is 0.145 e. The number of para-hydroxylation sites is 1. The Morgan fingerprint density at radius 2 is 2.18 bits per heavy atom. The summed E-state index contributed by atoms with van der Waals surface area (Å²) in [6, 6.07) is 10.2. The van der Waals surface area contributed by atoms with Crippen LogP contribution in [0, 0.1) is 0 Å². The number of rotatable bonds is 2. The van der Waals surface area contributed by atoms with Crippen molar-refractivity contribution in [3.05, 3.63) is 36.5 Å². The first-order valence-corrected chi connectivity index (χ1v) is 5.68. The molecule has 0 saturated carbocycles. The fraction of sp³-hybridized carbons (Fsp3) is 0.154. The molecular formula is C13H14N4. The molecule has 0 amide bonds. The molecule has 0 aliphatic rings. The molecule has 0 atom stereocenters. The van der Waals surface area contributed by atoms with Gasteiger partial charge in [-0.15, -0.1) is 0 Å². The quantitative estimate of drug-likeness (QED) is 0.705. The number of nitrogens with two attached hydrogens (primary N) is 1. The van der Waals surface area contributed by atoms with E-state index in [4.69, 9.17) is 5.73 Å². The smallest absolute Gasteiger partial charge is 0.145 e. The largest absolute Gasteiger partial charge is 0.382 e. The first-order valence-electron chi connectivity index (χ1n) is 5.68. The summed E-state index contributed by atoms with van der Waals surface area (Å²) in [6.07, 6.45) is 2.14. The second kappa shape index (κ2) is 3.66. The zero-order valence-corrected chi connectivity index (χ0v) is 9.64. The van der Waals surface area contributed by atoms with Gasteiger partial charge >= 0.3 is 0 Å². The van der Waals surface area contributed by atoms with Gasteiger partial charge in [-0.1, -0.05) is 18.2 Å². The summed E-state index contributed by atoms with van der Waals surface area (Å²) in [6.45, 7) is 3.08. The number of aromatic nitrogens is 3. The van der Waals surface area contributed by atoms with Crippen LogP contribution < -0.4 is 5.73 Å². The number of anilines is 1. The molecule has 0 aliphatic heterocycles. The Morgan fingerprint density at radius 1 is 1.35 bits per heavy atom. The lowest BCUT2D eigenvalue weighted by Gasteiger charge is -1.97. The van der Waals surface area contributed by atoms with Gasteiger partial charge in [0.25, 0.3) is 0 Å². The Morgan fingerprint density at radius 3 is 2.88 bits per heavy atom. The topological polar surface area (TPSA) is 59.6 Å². The molecular weight excluding hydrogens is 212 g/mol. The molecule has 17 heavy (non-hydrogen) atoms. The van der Waals surface area contributed by atoms with E-state index in [2.05, 4.69) is 46.1 Å². The maximum atomic E-state index is 5.65. The van der Waals surface area contributed by atoms with Crippen LogP contribution >= 0.6 is 0 Å². The minimum Gasteiger partial charge on any atom is -0.382 e. The summed E-state index contributed by atoms with van der Waals surface area (Å²) in [5, 5.41) is 8.16. The Labute approximate surface area is 99.1 Å². The number of fused-ring (bicyclic) bond motifs is 1. The molecule has 0 spiro atoms. The van der Waals surface area contributed by atoms with Crippen molar-refractivity contribution in [3.8, 4) is 11.3 Å². The average Bonchev–Trinajstić information content (AvgIpc) is 2.92. The molecule has 0 saturated heterocycles. The lowest BCUT2D eigenvalue weighted by molar-refractivity contribution is 0.798. The standard InChI is InChI=1S/C13H14N4/c1-2-17-8-10(11-7-13(14)16-15-11)9-5-3-4-6-12(9)17/h3-8H,2H2,1H3,(H3,14,15,16). The van der Waals surface area contributed by atoms with Crippen LogP contribution in [0.2, 0.25) is 0 Å². The number of H-pyrrole nitrogens is 1. The third kappa shape index (κ3) is 1.49. The number of nitrogens with zero attached hydrogens (tertiary/aromatic N) is 2. The highest BCUT2D eigenvalue weighted by Crippen LogP contribution is 2.29. The van der Waals surface area contributed by atoms with Crippen LogP contribution in [-0.4, -0.2) is 14.8 Å². The Hall–Kier alpha value is -2.23. The van der Waals surface area contributed by atoms with Gasteiger partial charge in [0.2, 0.25) is 0 Å². The van der Waals surface area contributed by atoms with Gasteiger partial charge in [0, 0.05) is 35.3 Å². The van der Waals surface area contributed by atoms with Gasteiger partial charge in [-0.25, -0.2) is 0 Å². The van der Waals surface area contributed by atoms with E-state index < -0.39 is 0 Å². The zero-order chi connectivity index (χ0) is 11.8. The van der Waals surface area contributed by atoms with E-state index in [0.717, 1.165) is 17.8 Å². The van der Waals surface area contributed by atoms with E-state index in [1.165, 1.54) is 10.9 Å². The normalized spacial score (nSPS) is 11.1. The van der Waals surface area contributed by atoms with Crippen LogP contribution in [0.25, 0.3) is 22.2 Å². The van der Waals surface area contributed by atoms with Crippen molar-refractivity contribution >= 4 is 16.7 Å². The highest BCUT2D eigenvalue weighted by Gasteiger charge is 2.10. The Bertz CT molecular complexity index is 663. The van der Waals surface area contributed by atoms with Gasteiger partial charge < -0.3 is 10.3 Å². The molecule has 3 rings (SSSR count). The third-order valence-electron chi connectivity index (χ3n) is 3.02. The summed E-state index contributed by atoms with van der Waals surface area (Å²) < 4.78 is 2.22. The van der Waals surface area contributed by atoms with Gasteiger partial charge in [-0.05, 0) is 13.0 Å². The SMILES string of the molecule is CCn1cc(-c2cc(N)n[nH]2)c2ccccc21. The second-order valence-corrected chi connectivity index (χ2v) is 4.05. The van der Waals surface area contributed by atoms with E-state index >= 15 is 0 Å². The van der Waals surface area contributed by atoms with Crippen molar-refractivity contribution in [1.82, 2.24) is 14.8 Å². The Balaban J connectivity index is 2.29. The molecule has 1 aromatic carbocycles. The summed E-state index contributed by atoms with van der Waals surface area (Å²) in [7, 11) is 0. The van der Waals surface area contributed by atoms with Crippen LogP contribution in [0.5, 0.6) is 0 Å². The molecule has 0 radical (unpaired) electrons. The van der Waals surface area contributed by atoms with Crippen LogP contribution in [-0.2, 0) is 6.54 Å². The van der Waals surface area contributed by atoms with Gasteiger partial charge in [-0.2, -0.15) is 5.10 Å². The van der Waals surface area contributed by atoms with Gasteiger partial charge in [0.1, 0.15) is 5.82 Å². The van der Waals surface area contributed by atoms with E-state index in [1.54, 1.807) is 0 Å². The number of aryl methyl sites for hydroxylation is 1. The number of hydrogen-bond acceptors (Lipinski definition) is 2. The van der Waals surface area contributed by atoms with Crippen molar-refractivity contribution in [3.63, 3.8) is 0 Å². The first-order chi connectivity index (χ1) is 8.29. The second-order valence-electron chi connectivity index (χ2n) is 4.05. The van der Waals surface area contributed by atoms with Crippen LogP contribution in [0.3, 0.4) is 0 Å². The van der Waals surface area contributed by atoms with E-state index in [0.29, 0.717) is 5.82 Å². The molecule has 0 fully saturated rings. The molecule has 3 aromatic rings. The summed E-state index contributed by atoms with van der Waals surface area (Å²) in [5.41, 5.74) is 8.99. The molecule has 86 valence electrons. The molecule has 4 heteroatoms. The molecule has 0 aliphatic carbocycles. The lowest BCUT2D eigenvalue weighted by Crippen LogP contribution is -1.89. The van der Waals surface area contributed by atoms with Crippen molar-refractivity contribution < 1.29 is 0 Å². The fourth-order valence-electron chi connectivity index (χ4n) is 2.20. The molecule has 2 aromatic heterocycles. The minimum atomic E-state index is 0.522.